The molecule has 3 rings (SSSR count). The molecule has 0 aliphatic heterocycles. The van der Waals surface area contributed by atoms with E-state index in [0.717, 1.165) is 18.9 Å². The Hall–Kier alpha value is -2.85. The summed E-state index contributed by atoms with van der Waals surface area (Å²) in [4.78, 5) is 23.8. The van der Waals surface area contributed by atoms with Crippen LogP contribution in [0.5, 0.6) is 5.75 Å². The molecule has 1 fully saturated rings. The van der Waals surface area contributed by atoms with Crippen molar-refractivity contribution in [2.75, 3.05) is 6.67 Å². The summed E-state index contributed by atoms with van der Waals surface area (Å²) in [7, 11) is 0. The van der Waals surface area contributed by atoms with Crippen LogP contribution in [0.2, 0.25) is 0 Å². The Kier molecular flexibility index (Phi) is 4.94. The minimum atomic E-state index is -3.23. The van der Waals surface area contributed by atoms with E-state index in [1.165, 1.54) is 4.57 Å². The van der Waals surface area contributed by atoms with Crippen LogP contribution < -0.4 is 10.4 Å². The zero-order valence-corrected chi connectivity index (χ0v) is 14.0. The van der Waals surface area contributed by atoms with Gasteiger partial charge < -0.3 is 9.84 Å². The molecule has 1 aliphatic rings. The summed E-state index contributed by atoms with van der Waals surface area (Å²) in [5.41, 5.74) is -1.91. The molecule has 27 heavy (non-hydrogen) atoms. The van der Waals surface area contributed by atoms with Gasteiger partial charge in [0.2, 0.25) is 0 Å². The number of carboxylic acids is 1. The quantitative estimate of drug-likeness (QED) is 0.736. The lowest BCUT2D eigenvalue weighted by molar-refractivity contribution is -0.00198. The predicted molar refractivity (Wildman–Crippen MR) is 84.1 cm³/mol. The summed E-state index contributed by atoms with van der Waals surface area (Å²) >= 11 is 0. The second kappa shape index (κ2) is 7.05. The number of rotatable bonds is 7. The van der Waals surface area contributed by atoms with Crippen LogP contribution >= 0.6 is 0 Å². The minimum Gasteiger partial charge on any atom is -0.481 e. The number of halogens is 4. The SMILES string of the molecule is Cc1nn(-c2cc(O[C@@H](CF)C(F)F)c(C(=O)O)cc2F)c(=O)n1C1CC1. The third-order valence-electron chi connectivity index (χ3n) is 4.11. The lowest BCUT2D eigenvalue weighted by Crippen LogP contribution is -2.29. The van der Waals surface area contributed by atoms with Crippen molar-refractivity contribution in [3.63, 3.8) is 0 Å². The van der Waals surface area contributed by atoms with Crippen molar-refractivity contribution in [2.45, 2.75) is 38.3 Å². The minimum absolute atomic E-state index is 0.0434. The molecule has 1 atom stereocenters. The van der Waals surface area contributed by atoms with Gasteiger partial charge in [-0.05, 0) is 25.8 Å². The van der Waals surface area contributed by atoms with E-state index in [4.69, 9.17) is 9.84 Å². The van der Waals surface area contributed by atoms with E-state index < -0.39 is 53.7 Å². The maximum atomic E-state index is 14.4. The van der Waals surface area contributed by atoms with Gasteiger partial charge in [-0.3, -0.25) is 4.57 Å². The zero-order chi connectivity index (χ0) is 19.9. The average molecular weight is 389 g/mol. The number of carbonyl (C=O) groups is 1. The fourth-order valence-corrected chi connectivity index (χ4v) is 2.67. The van der Waals surface area contributed by atoms with Crippen molar-refractivity contribution in [1.29, 1.82) is 0 Å². The van der Waals surface area contributed by atoms with Gasteiger partial charge in [0, 0.05) is 12.1 Å². The van der Waals surface area contributed by atoms with Gasteiger partial charge in [-0.25, -0.2) is 27.2 Å². The molecule has 1 aromatic carbocycles. The number of alkyl halides is 3. The Morgan fingerprint density at radius 2 is 2.07 bits per heavy atom. The first-order valence-electron chi connectivity index (χ1n) is 8.00. The highest BCUT2D eigenvalue weighted by molar-refractivity contribution is 5.91. The highest BCUT2D eigenvalue weighted by Gasteiger charge is 2.30. The first-order chi connectivity index (χ1) is 12.7. The molecule has 11 heteroatoms. The van der Waals surface area contributed by atoms with Gasteiger partial charge >= 0.3 is 11.7 Å². The van der Waals surface area contributed by atoms with Gasteiger partial charge in [0.25, 0.3) is 6.43 Å². The topological polar surface area (TPSA) is 86.4 Å². The summed E-state index contributed by atoms with van der Waals surface area (Å²) in [5, 5.41) is 13.1. The van der Waals surface area contributed by atoms with Crippen molar-refractivity contribution in [2.24, 2.45) is 0 Å². The Morgan fingerprint density at radius 1 is 1.41 bits per heavy atom. The van der Waals surface area contributed by atoms with Gasteiger partial charge in [0.15, 0.2) is 6.10 Å². The number of aromatic nitrogens is 3. The Morgan fingerprint density at radius 3 is 2.59 bits per heavy atom. The Balaban J connectivity index is 2.12. The molecule has 0 radical (unpaired) electrons. The van der Waals surface area contributed by atoms with Crippen molar-refractivity contribution in [3.05, 3.63) is 39.8 Å². The Labute approximate surface area is 149 Å². The van der Waals surface area contributed by atoms with Gasteiger partial charge in [-0.15, -0.1) is 0 Å². The zero-order valence-electron chi connectivity index (χ0n) is 14.0. The van der Waals surface area contributed by atoms with Crippen molar-refractivity contribution in [1.82, 2.24) is 14.3 Å². The highest BCUT2D eigenvalue weighted by atomic mass is 19.3. The van der Waals surface area contributed by atoms with E-state index in [-0.39, 0.29) is 6.04 Å². The van der Waals surface area contributed by atoms with Crippen molar-refractivity contribution < 1.29 is 32.2 Å². The molecule has 0 unspecified atom stereocenters. The number of carboxylic acid groups (broad SMARTS) is 1. The van der Waals surface area contributed by atoms with Gasteiger partial charge in [0.05, 0.1) is 0 Å². The van der Waals surface area contributed by atoms with E-state index in [1.807, 2.05) is 0 Å². The summed E-state index contributed by atoms with van der Waals surface area (Å²) in [6.45, 7) is -0.0358. The third-order valence-corrected chi connectivity index (χ3v) is 4.11. The number of aromatic carboxylic acids is 1. The number of benzene rings is 1. The molecule has 1 aromatic heterocycles. The summed E-state index contributed by atoms with van der Waals surface area (Å²) in [6, 6.07) is 1.23. The molecule has 0 saturated heterocycles. The molecule has 0 spiro atoms. The average Bonchev–Trinajstić information content (AvgIpc) is 3.38. The maximum Gasteiger partial charge on any atom is 0.351 e. The van der Waals surface area contributed by atoms with Crippen LogP contribution in [0, 0.1) is 12.7 Å². The molecule has 7 nitrogen and oxygen atoms in total. The van der Waals surface area contributed by atoms with Crippen LogP contribution in [0.3, 0.4) is 0 Å². The monoisotopic (exact) mass is 389 g/mol. The number of hydrogen-bond acceptors (Lipinski definition) is 4. The van der Waals surface area contributed by atoms with Crippen LogP contribution in [0.1, 0.15) is 35.1 Å². The van der Waals surface area contributed by atoms with Gasteiger partial charge in [-0.1, -0.05) is 0 Å². The van der Waals surface area contributed by atoms with E-state index in [2.05, 4.69) is 5.10 Å². The third kappa shape index (κ3) is 3.53. The number of ether oxygens (including phenoxy) is 1. The summed E-state index contributed by atoms with van der Waals surface area (Å²) in [6.07, 6.45) is -3.92. The van der Waals surface area contributed by atoms with Crippen LogP contribution in [0.4, 0.5) is 17.6 Å². The number of nitrogens with zero attached hydrogens (tertiary/aromatic N) is 3. The maximum absolute atomic E-state index is 14.4. The standard InChI is InChI=1S/C16H15F4N3O4/c1-7-21-23(16(26)22(7)8-2-3-8)11-5-12(27-13(6-17)14(19)20)9(15(24)25)4-10(11)18/h4-5,8,13-14H,2-3,6H2,1H3,(H,24,25)/t13-/m0/s1. The van der Waals surface area contributed by atoms with Crippen LogP contribution in [-0.2, 0) is 0 Å². The summed E-state index contributed by atoms with van der Waals surface area (Å²) in [5.74, 6) is -3.14. The molecule has 1 saturated carbocycles. The lowest BCUT2D eigenvalue weighted by Gasteiger charge is -2.17. The molecule has 1 heterocycles. The fraction of sp³-hybridized carbons (Fsp3) is 0.438. The number of aryl methyl sites for hydroxylation is 1. The van der Waals surface area contributed by atoms with Gasteiger partial charge in [0.1, 0.15) is 35.3 Å². The molecular formula is C16H15F4N3O4. The van der Waals surface area contributed by atoms with Gasteiger partial charge in [-0.2, -0.15) is 9.78 Å². The lowest BCUT2D eigenvalue weighted by atomic mass is 10.1. The van der Waals surface area contributed by atoms with E-state index in [9.17, 15) is 27.2 Å². The molecule has 2 aromatic rings. The van der Waals surface area contributed by atoms with E-state index in [0.29, 0.717) is 16.6 Å². The molecule has 1 aliphatic carbocycles. The smallest absolute Gasteiger partial charge is 0.351 e. The normalized spacial score (nSPS) is 15.2. The second-order valence-electron chi connectivity index (χ2n) is 6.09. The summed E-state index contributed by atoms with van der Waals surface area (Å²) < 4.78 is 59.6. The van der Waals surface area contributed by atoms with Crippen LogP contribution in [0.25, 0.3) is 5.69 Å². The van der Waals surface area contributed by atoms with Crippen molar-refractivity contribution in [3.8, 4) is 11.4 Å². The van der Waals surface area contributed by atoms with E-state index >= 15 is 0 Å². The molecule has 0 amide bonds. The first kappa shape index (κ1) is 18.9. The molecule has 1 N–H and O–H groups in total. The molecule has 0 bridgehead atoms. The first-order valence-corrected chi connectivity index (χ1v) is 8.00. The molecular weight excluding hydrogens is 374 g/mol. The van der Waals surface area contributed by atoms with Crippen LogP contribution in [-0.4, -0.2) is 44.6 Å². The Bertz CT molecular complexity index is 936. The van der Waals surface area contributed by atoms with Crippen LogP contribution in [0.15, 0.2) is 16.9 Å². The van der Waals surface area contributed by atoms with Crippen molar-refractivity contribution >= 4 is 5.97 Å². The second-order valence-corrected chi connectivity index (χ2v) is 6.09. The van der Waals surface area contributed by atoms with E-state index in [1.54, 1.807) is 6.92 Å². The molecule has 146 valence electrons. The fourth-order valence-electron chi connectivity index (χ4n) is 2.67. The highest BCUT2D eigenvalue weighted by Crippen LogP contribution is 2.34. The predicted octanol–water partition coefficient (Wildman–Crippen LogP) is 2.50. The largest absolute Gasteiger partial charge is 0.481 e. The number of hydrogen-bond donors (Lipinski definition) is 1.